The molecule has 1 aliphatic heterocycles. The molecule has 1 aliphatic rings. The van der Waals surface area contributed by atoms with Gasteiger partial charge in [0, 0.05) is 6.54 Å². The molecule has 1 heterocycles. The summed E-state index contributed by atoms with van der Waals surface area (Å²) in [6.45, 7) is 7.93. The van der Waals surface area contributed by atoms with Gasteiger partial charge in [-0.15, -0.1) is 0 Å². The van der Waals surface area contributed by atoms with E-state index < -0.39 is 0 Å². The Bertz CT molecular complexity index is 373. The van der Waals surface area contributed by atoms with Crippen molar-refractivity contribution in [1.82, 2.24) is 4.90 Å². The van der Waals surface area contributed by atoms with E-state index in [4.69, 9.17) is 0 Å². The average molecular weight is 215 g/mol. The Hall–Kier alpha value is -1.08. The molecule has 1 aromatic carbocycles. The zero-order valence-electron chi connectivity index (χ0n) is 10.4. The second kappa shape index (κ2) is 5.31. The minimum absolute atomic E-state index is 1.11. The summed E-state index contributed by atoms with van der Waals surface area (Å²) in [5.74, 6) is 0. The van der Waals surface area contributed by atoms with E-state index in [1.165, 1.54) is 42.6 Å². The summed E-state index contributed by atoms with van der Waals surface area (Å²) in [5, 5.41) is 0. The maximum atomic E-state index is 2.56. The van der Waals surface area contributed by atoms with Gasteiger partial charge in [0.2, 0.25) is 0 Å². The maximum Gasteiger partial charge on any atom is 0.0239 e. The van der Waals surface area contributed by atoms with Gasteiger partial charge in [-0.05, 0) is 56.5 Å². The molecule has 0 aromatic heterocycles. The van der Waals surface area contributed by atoms with Crippen LogP contribution in [-0.2, 0) is 6.54 Å². The molecular weight excluding hydrogens is 194 g/mol. The normalized spacial score (nSPS) is 17.4. The summed E-state index contributed by atoms with van der Waals surface area (Å²) < 4.78 is 0. The SMILES string of the molecule is C/C=C\c1c(C)cccc1CN1CCCC1. The quantitative estimate of drug-likeness (QED) is 0.744. The lowest BCUT2D eigenvalue weighted by Crippen LogP contribution is -2.19. The minimum Gasteiger partial charge on any atom is -0.299 e. The van der Waals surface area contributed by atoms with Crippen LogP contribution in [0.25, 0.3) is 6.08 Å². The van der Waals surface area contributed by atoms with Crippen LogP contribution in [0.1, 0.15) is 36.5 Å². The van der Waals surface area contributed by atoms with Crippen LogP contribution < -0.4 is 0 Å². The van der Waals surface area contributed by atoms with E-state index in [9.17, 15) is 0 Å². The summed E-state index contributed by atoms with van der Waals surface area (Å²) in [5.41, 5.74) is 4.27. The molecule has 0 bridgehead atoms. The molecule has 0 atom stereocenters. The van der Waals surface area contributed by atoms with Crippen LogP contribution in [0.3, 0.4) is 0 Å². The Balaban J connectivity index is 2.21. The van der Waals surface area contributed by atoms with Crippen molar-refractivity contribution in [3.8, 4) is 0 Å². The van der Waals surface area contributed by atoms with Crippen molar-refractivity contribution in [2.75, 3.05) is 13.1 Å². The topological polar surface area (TPSA) is 3.24 Å². The molecule has 1 saturated heterocycles. The van der Waals surface area contributed by atoms with Crippen LogP contribution in [0.2, 0.25) is 0 Å². The average Bonchev–Trinajstić information content (AvgIpc) is 2.76. The Morgan fingerprint density at radius 3 is 2.69 bits per heavy atom. The van der Waals surface area contributed by atoms with Gasteiger partial charge < -0.3 is 0 Å². The fourth-order valence-electron chi connectivity index (χ4n) is 2.47. The first-order valence-corrected chi connectivity index (χ1v) is 6.25. The molecule has 1 fully saturated rings. The van der Waals surface area contributed by atoms with Crippen LogP contribution in [0, 0.1) is 6.92 Å². The van der Waals surface area contributed by atoms with E-state index in [0.29, 0.717) is 0 Å². The van der Waals surface area contributed by atoms with Crippen molar-refractivity contribution in [2.24, 2.45) is 0 Å². The number of hydrogen-bond donors (Lipinski definition) is 0. The van der Waals surface area contributed by atoms with Gasteiger partial charge in [-0.25, -0.2) is 0 Å². The van der Waals surface area contributed by atoms with Crippen molar-refractivity contribution in [2.45, 2.75) is 33.2 Å². The highest BCUT2D eigenvalue weighted by atomic mass is 15.1. The second-order valence-electron chi connectivity index (χ2n) is 4.63. The molecule has 16 heavy (non-hydrogen) atoms. The van der Waals surface area contributed by atoms with Gasteiger partial charge in [-0.1, -0.05) is 30.4 Å². The lowest BCUT2D eigenvalue weighted by atomic mass is 10.0. The van der Waals surface area contributed by atoms with Crippen molar-refractivity contribution >= 4 is 6.08 Å². The van der Waals surface area contributed by atoms with Gasteiger partial charge in [0.05, 0.1) is 0 Å². The zero-order chi connectivity index (χ0) is 11.4. The van der Waals surface area contributed by atoms with E-state index in [0.717, 1.165) is 6.54 Å². The van der Waals surface area contributed by atoms with Crippen LogP contribution in [0.5, 0.6) is 0 Å². The highest BCUT2D eigenvalue weighted by Crippen LogP contribution is 2.20. The third-order valence-corrected chi connectivity index (χ3v) is 3.34. The Morgan fingerprint density at radius 2 is 2.00 bits per heavy atom. The first kappa shape index (κ1) is 11.4. The van der Waals surface area contributed by atoms with Gasteiger partial charge in [0.1, 0.15) is 0 Å². The zero-order valence-corrected chi connectivity index (χ0v) is 10.4. The molecular formula is C15H21N. The molecule has 0 radical (unpaired) electrons. The molecule has 0 amide bonds. The molecule has 2 rings (SSSR count). The van der Waals surface area contributed by atoms with Crippen molar-refractivity contribution in [3.63, 3.8) is 0 Å². The first-order valence-electron chi connectivity index (χ1n) is 6.25. The number of allylic oxidation sites excluding steroid dienone is 1. The predicted molar refractivity (Wildman–Crippen MR) is 70.4 cm³/mol. The van der Waals surface area contributed by atoms with Crippen LogP contribution in [-0.4, -0.2) is 18.0 Å². The minimum atomic E-state index is 1.11. The number of hydrogen-bond acceptors (Lipinski definition) is 1. The number of likely N-dealkylation sites (tertiary alicyclic amines) is 1. The molecule has 1 aromatic rings. The summed E-state index contributed by atoms with van der Waals surface area (Å²) in [6.07, 6.45) is 7.10. The third-order valence-electron chi connectivity index (χ3n) is 3.34. The fraction of sp³-hybridized carbons (Fsp3) is 0.467. The lowest BCUT2D eigenvalue weighted by molar-refractivity contribution is 0.331. The molecule has 0 aliphatic carbocycles. The summed E-state index contributed by atoms with van der Waals surface area (Å²) >= 11 is 0. The number of benzene rings is 1. The molecule has 86 valence electrons. The maximum absolute atomic E-state index is 2.56. The third kappa shape index (κ3) is 2.53. The summed E-state index contributed by atoms with van der Waals surface area (Å²) in [4.78, 5) is 2.56. The number of nitrogens with zero attached hydrogens (tertiary/aromatic N) is 1. The van der Waals surface area contributed by atoms with Crippen LogP contribution in [0.4, 0.5) is 0 Å². The Labute approximate surface area is 98.8 Å². The summed E-state index contributed by atoms with van der Waals surface area (Å²) in [7, 11) is 0. The monoisotopic (exact) mass is 215 g/mol. The van der Waals surface area contributed by atoms with E-state index in [-0.39, 0.29) is 0 Å². The Kier molecular flexibility index (Phi) is 3.79. The molecule has 0 unspecified atom stereocenters. The standard InChI is InChI=1S/C15H21N/c1-3-7-15-13(2)8-6-9-14(15)12-16-10-4-5-11-16/h3,6-9H,4-5,10-12H2,1-2H3/b7-3-. The van der Waals surface area contributed by atoms with Crippen molar-refractivity contribution in [3.05, 3.63) is 41.0 Å². The van der Waals surface area contributed by atoms with E-state index in [1.54, 1.807) is 0 Å². The lowest BCUT2D eigenvalue weighted by Gasteiger charge is -2.17. The molecule has 0 saturated carbocycles. The largest absolute Gasteiger partial charge is 0.299 e. The van der Waals surface area contributed by atoms with E-state index in [1.807, 2.05) is 0 Å². The van der Waals surface area contributed by atoms with Crippen molar-refractivity contribution < 1.29 is 0 Å². The highest BCUT2D eigenvalue weighted by Gasteiger charge is 2.13. The van der Waals surface area contributed by atoms with Gasteiger partial charge in [-0.3, -0.25) is 4.90 Å². The van der Waals surface area contributed by atoms with E-state index in [2.05, 4.69) is 49.1 Å². The first-order chi connectivity index (χ1) is 7.81. The predicted octanol–water partition coefficient (Wildman–Crippen LogP) is 3.62. The smallest absolute Gasteiger partial charge is 0.0239 e. The Morgan fingerprint density at radius 1 is 1.25 bits per heavy atom. The van der Waals surface area contributed by atoms with Gasteiger partial charge >= 0.3 is 0 Å². The fourth-order valence-corrected chi connectivity index (χ4v) is 2.47. The highest BCUT2D eigenvalue weighted by molar-refractivity contribution is 5.57. The van der Waals surface area contributed by atoms with Crippen LogP contribution >= 0.6 is 0 Å². The molecule has 1 heteroatoms. The van der Waals surface area contributed by atoms with Gasteiger partial charge in [0.25, 0.3) is 0 Å². The van der Waals surface area contributed by atoms with Crippen molar-refractivity contribution in [1.29, 1.82) is 0 Å². The summed E-state index contributed by atoms with van der Waals surface area (Å²) in [6, 6.07) is 6.64. The van der Waals surface area contributed by atoms with Gasteiger partial charge in [0.15, 0.2) is 0 Å². The van der Waals surface area contributed by atoms with Crippen LogP contribution in [0.15, 0.2) is 24.3 Å². The second-order valence-corrected chi connectivity index (χ2v) is 4.63. The molecule has 0 spiro atoms. The van der Waals surface area contributed by atoms with Gasteiger partial charge in [-0.2, -0.15) is 0 Å². The molecule has 0 N–H and O–H groups in total. The molecule has 1 nitrogen and oxygen atoms in total. The number of rotatable bonds is 3. The number of aryl methyl sites for hydroxylation is 1. The van der Waals surface area contributed by atoms with E-state index >= 15 is 0 Å².